The summed E-state index contributed by atoms with van der Waals surface area (Å²) in [6.45, 7) is 0. The van der Waals surface area contributed by atoms with Crippen LogP contribution in [0.5, 0.6) is 0 Å². The first-order valence-corrected chi connectivity index (χ1v) is 4.83. The summed E-state index contributed by atoms with van der Waals surface area (Å²) >= 11 is 0. The van der Waals surface area contributed by atoms with E-state index >= 15 is 0 Å². The number of nitrogens with two attached hydrogens (primary N) is 1. The van der Waals surface area contributed by atoms with Crippen LogP contribution in [0.25, 0.3) is 11.1 Å². The van der Waals surface area contributed by atoms with Crippen LogP contribution in [0, 0.1) is 5.82 Å². The SMILES string of the molecule is C.NC(=O)c1ccc(-c2ccccc2F)cc1. The van der Waals surface area contributed by atoms with E-state index < -0.39 is 5.91 Å². The van der Waals surface area contributed by atoms with Crippen LogP contribution in [-0.4, -0.2) is 5.91 Å². The van der Waals surface area contributed by atoms with Crippen LogP contribution >= 0.6 is 0 Å². The van der Waals surface area contributed by atoms with Crippen LogP contribution in [0.1, 0.15) is 17.8 Å². The summed E-state index contributed by atoms with van der Waals surface area (Å²) in [4.78, 5) is 10.9. The Morgan fingerprint density at radius 3 is 2.12 bits per heavy atom. The van der Waals surface area contributed by atoms with E-state index in [0.717, 1.165) is 5.56 Å². The molecule has 0 spiro atoms. The quantitative estimate of drug-likeness (QED) is 0.847. The van der Waals surface area contributed by atoms with Gasteiger partial charge in [-0.3, -0.25) is 4.79 Å². The van der Waals surface area contributed by atoms with Gasteiger partial charge in [0.1, 0.15) is 5.82 Å². The molecule has 0 saturated carbocycles. The highest BCUT2D eigenvalue weighted by Crippen LogP contribution is 2.22. The third-order valence-corrected chi connectivity index (χ3v) is 2.35. The van der Waals surface area contributed by atoms with Crippen molar-refractivity contribution in [3.63, 3.8) is 0 Å². The molecule has 0 fully saturated rings. The molecule has 0 heterocycles. The number of carbonyl (C=O) groups excluding carboxylic acids is 1. The Labute approximate surface area is 99.9 Å². The third-order valence-electron chi connectivity index (χ3n) is 2.35. The summed E-state index contributed by atoms with van der Waals surface area (Å²) in [5.41, 5.74) is 6.77. The topological polar surface area (TPSA) is 43.1 Å². The van der Waals surface area contributed by atoms with Gasteiger partial charge in [0.15, 0.2) is 0 Å². The van der Waals surface area contributed by atoms with Gasteiger partial charge in [-0.1, -0.05) is 37.8 Å². The van der Waals surface area contributed by atoms with Gasteiger partial charge in [-0.05, 0) is 23.8 Å². The highest BCUT2D eigenvalue weighted by molar-refractivity contribution is 5.93. The number of hydrogen-bond acceptors (Lipinski definition) is 1. The van der Waals surface area contributed by atoms with E-state index in [1.807, 2.05) is 0 Å². The van der Waals surface area contributed by atoms with Gasteiger partial charge in [-0.15, -0.1) is 0 Å². The van der Waals surface area contributed by atoms with Crippen molar-refractivity contribution in [2.24, 2.45) is 5.73 Å². The molecule has 2 N–H and O–H groups in total. The molecule has 0 aromatic heterocycles. The van der Waals surface area contributed by atoms with Crippen LogP contribution in [0.3, 0.4) is 0 Å². The molecular formula is C14H14FNO. The van der Waals surface area contributed by atoms with E-state index in [4.69, 9.17) is 5.73 Å². The maximum absolute atomic E-state index is 13.4. The molecule has 2 aromatic rings. The highest BCUT2D eigenvalue weighted by atomic mass is 19.1. The van der Waals surface area contributed by atoms with E-state index in [0.29, 0.717) is 11.1 Å². The number of hydrogen-bond donors (Lipinski definition) is 1. The zero-order valence-electron chi connectivity index (χ0n) is 8.48. The summed E-state index contributed by atoms with van der Waals surface area (Å²) in [5.74, 6) is -0.769. The summed E-state index contributed by atoms with van der Waals surface area (Å²) in [5, 5.41) is 0. The monoisotopic (exact) mass is 231 g/mol. The van der Waals surface area contributed by atoms with E-state index in [-0.39, 0.29) is 13.2 Å². The summed E-state index contributed by atoms with van der Waals surface area (Å²) in [6, 6.07) is 13.0. The van der Waals surface area contributed by atoms with Gasteiger partial charge in [0.2, 0.25) is 5.91 Å². The average Bonchev–Trinajstić information content (AvgIpc) is 2.30. The molecule has 0 bridgehead atoms. The molecule has 0 aliphatic rings. The van der Waals surface area contributed by atoms with Crippen LogP contribution in [-0.2, 0) is 0 Å². The minimum atomic E-state index is -0.486. The molecular weight excluding hydrogens is 217 g/mol. The third kappa shape index (κ3) is 2.69. The Balaban J connectivity index is 0.00000144. The zero-order chi connectivity index (χ0) is 11.5. The zero-order valence-corrected chi connectivity index (χ0v) is 8.48. The lowest BCUT2D eigenvalue weighted by molar-refractivity contribution is 0.100. The second-order valence-corrected chi connectivity index (χ2v) is 3.42. The van der Waals surface area contributed by atoms with Crippen LogP contribution < -0.4 is 5.73 Å². The number of benzene rings is 2. The van der Waals surface area contributed by atoms with E-state index in [9.17, 15) is 9.18 Å². The van der Waals surface area contributed by atoms with E-state index in [2.05, 4.69) is 0 Å². The fraction of sp³-hybridized carbons (Fsp3) is 0.0714. The molecule has 3 heteroatoms. The first kappa shape index (κ1) is 12.9. The van der Waals surface area contributed by atoms with Crippen LogP contribution in [0.2, 0.25) is 0 Å². The Kier molecular flexibility index (Phi) is 3.99. The van der Waals surface area contributed by atoms with E-state index in [1.54, 1.807) is 42.5 Å². The molecule has 88 valence electrons. The molecule has 0 aliphatic heterocycles. The van der Waals surface area contributed by atoms with Crippen molar-refractivity contribution < 1.29 is 9.18 Å². The minimum absolute atomic E-state index is 0. The van der Waals surface area contributed by atoms with Crippen LogP contribution in [0.15, 0.2) is 48.5 Å². The summed E-state index contributed by atoms with van der Waals surface area (Å²) in [6.07, 6.45) is 0. The maximum Gasteiger partial charge on any atom is 0.248 e. The van der Waals surface area contributed by atoms with Crippen molar-refractivity contribution in [2.45, 2.75) is 7.43 Å². The summed E-state index contributed by atoms with van der Waals surface area (Å²) in [7, 11) is 0. The van der Waals surface area contributed by atoms with Gasteiger partial charge < -0.3 is 5.73 Å². The average molecular weight is 231 g/mol. The lowest BCUT2D eigenvalue weighted by Crippen LogP contribution is -2.10. The van der Waals surface area contributed by atoms with Gasteiger partial charge >= 0.3 is 0 Å². The second kappa shape index (κ2) is 5.25. The predicted octanol–water partition coefficient (Wildman–Crippen LogP) is 3.23. The molecule has 0 aliphatic carbocycles. The number of rotatable bonds is 2. The standard InChI is InChI=1S/C13H10FNO.CH4/c14-12-4-2-1-3-11(12)9-5-7-10(8-6-9)13(15)16;/h1-8H,(H2,15,16);1H4. The van der Waals surface area contributed by atoms with Crippen molar-refractivity contribution in [1.82, 2.24) is 0 Å². The lowest BCUT2D eigenvalue weighted by Gasteiger charge is -2.03. The molecule has 0 unspecified atom stereocenters. The fourth-order valence-corrected chi connectivity index (χ4v) is 1.51. The van der Waals surface area contributed by atoms with Gasteiger partial charge in [0.05, 0.1) is 0 Å². The maximum atomic E-state index is 13.4. The molecule has 0 atom stereocenters. The normalized spacial score (nSPS) is 9.47. The van der Waals surface area contributed by atoms with E-state index in [1.165, 1.54) is 6.07 Å². The second-order valence-electron chi connectivity index (χ2n) is 3.42. The van der Waals surface area contributed by atoms with Crippen molar-refractivity contribution >= 4 is 5.91 Å². The molecule has 0 radical (unpaired) electrons. The van der Waals surface area contributed by atoms with Crippen molar-refractivity contribution in [3.05, 3.63) is 59.9 Å². The summed E-state index contributed by atoms with van der Waals surface area (Å²) < 4.78 is 13.4. The predicted molar refractivity (Wildman–Crippen MR) is 67.1 cm³/mol. The van der Waals surface area contributed by atoms with Crippen LogP contribution in [0.4, 0.5) is 4.39 Å². The number of amides is 1. The molecule has 2 aromatic carbocycles. The smallest absolute Gasteiger partial charge is 0.248 e. The number of primary amides is 1. The Morgan fingerprint density at radius 1 is 1.00 bits per heavy atom. The van der Waals surface area contributed by atoms with Crippen molar-refractivity contribution in [1.29, 1.82) is 0 Å². The van der Waals surface area contributed by atoms with Crippen molar-refractivity contribution in [2.75, 3.05) is 0 Å². The molecule has 0 saturated heterocycles. The Morgan fingerprint density at radius 2 is 1.59 bits per heavy atom. The lowest BCUT2D eigenvalue weighted by atomic mass is 10.0. The van der Waals surface area contributed by atoms with Gasteiger partial charge in [0.25, 0.3) is 0 Å². The number of halogens is 1. The first-order valence-electron chi connectivity index (χ1n) is 4.83. The number of carbonyl (C=O) groups is 1. The Hall–Kier alpha value is -2.16. The Bertz CT molecular complexity index is 520. The van der Waals surface area contributed by atoms with Crippen molar-refractivity contribution in [3.8, 4) is 11.1 Å². The largest absolute Gasteiger partial charge is 0.366 e. The van der Waals surface area contributed by atoms with Gasteiger partial charge in [-0.25, -0.2) is 4.39 Å². The minimum Gasteiger partial charge on any atom is -0.366 e. The van der Waals surface area contributed by atoms with Gasteiger partial charge in [0, 0.05) is 11.1 Å². The fourth-order valence-electron chi connectivity index (χ4n) is 1.51. The molecule has 1 amide bonds. The van der Waals surface area contributed by atoms with Gasteiger partial charge in [-0.2, -0.15) is 0 Å². The molecule has 17 heavy (non-hydrogen) atoms. The first-order chi connectivity index (χ1) is 7.68. The molecule has 2 nitrogen and oxygen atoms in total. The highest BCUT2D eigenvalue weighted by Gasteiger charge is 2.04. The molecule has 2 rings (SSSR count).